The topological polar surface area (TPSA) is 20.2 Å². The molecule has 1 aromatic carbocycles. The summed E-state index contributed by atoms with van der Waals surface area (Å²) in [5.41, 5.74) is 4.05. The zero-order valence-corrected chi connectivity index (χ0v) is 13.0. The highest BCUT2D eigenvalue weighted by Gasteiger charge is 2.19. The molecule has 1 N–H and O–H groups in total. The summed E-state index contributed by atoms with van der Waals surface area (Å²) >= 11 is 1.81. The fraction of sp³-hybridized carbons (Fsp3) is 0.444. The van der Waals surface area contributed by atoms with Gasteiger partial charge in [-0.3, -0.25) is 0 Å². The van der Waals surface area contributed by atoms with Crippen LogP contribution < -0.4 is 0 Å². The van der Waals surface area contributed by atoms with Crippen molar-refractivity contribution in [2.45, 2.75) is 51.6 Å². The van der Waals surface area contributed by atoms with Crippen molar-refractivity contribution in [3.8, 4) is 0 Å². The molecule has 1 atom stereocenters. The first-order valence-corrected chi connectivity index (χ1v) is 8.33. The van der Waals surface area contributed by atoms with Crippen LogP contribution >= 0.6 is 11.3 Å². The molecule has 1 nitrogen and oxygen atoms in total. The number of benzene rings is 1. The van der Waals surface area contributed by atoms with E-state index >= 15 is 0 Å². The molecule has 0 radical (unpaired) electrons. The zero-order valence-electron chi connectivity index (χ0n) is 12.2. The molecule has 1 unspecified atom stereocenters. The van der Waals surface area contributed by atoms with Crippen LogP contribution in [-0.4, -0.2) is 5.11 Å². The molecule has 1 aliphatic carbocycles. The summed E-state index contributed by atoms with van der Waals surface area (Å²) in [6.07, 6.45) is 4.05. The van der Waals surface area contributed by atoms with E-state index in [-0.39, 0.29) is 6.10 Å². The molecule has 1 aliphatic rings. The van der Waals surface area contributed by atoms with Crippen molar-refractivity contribution in [2.24, 2.45) is 0 Å². The van der Waals surface area contributed by atoms with Gasteiger partial charge in [-0.2, -0.15) is 0 Å². The number of hydrogen-bond donors (Lipinski definition) is 1. The standard InChI is InChI=1S/C18H22OS/c1-12(2)14-8-6-13(7-9-14)10-16(19)18-11-15-4-3-5-17(15)20-18/h6-9,11-12,16,19H,3-5,10H2,1-2H3. The van der Waals surface area contributed by atoms with Crippen molar-refractivity contribution in [3.05, 3.63) is 56.8 Å². The van der Waals surface area contributed by atoms with E-state index in [2.05, 4.69) is 44.2 Å². The Bertz CT molecular complexity index is 558. The molecule has 0 bridgehead atoms. The van der Waals surface area contributed by atoms with E-state index in [0.717, 1.165) is 11.3 Å². The number of rotatable bonds is 4. The van der Waals surface area contributed by atoms with Gasteiger partial charge in [-0.25, -0.2) is 0 Å². The minimum atomic E-state index is -0.351. The van der Waals surface area contributed by atoms with E-state index in [4.69, 9.17) is 0 Å². The molecule has 0 amide bonds. The first-order valence-electron chi connectivity index (χ1n) is 7.52. The largest absolute Gasteiger partial charge is 0.387 e. The number of fused-ring (bicyclic) bond motifs is 1. The Balaban J connectivity index is 1.70. The summed E-state index contributed by atoms with van der Waals surface area (Å²) in [5.74, 6) is 0.564. The molecule has 3 rings (SSSR count). The highest BCUT2D eigenvalue weighted by atomic mass is 32.1. The predicted octanol–water partition coefficient (Wildman–Crippen LogP) is 4.64. The third-order valence-corrected chi connectivity index (χ3v) is 5.51. The molecule has 20 heavy (non-hydrogen) atoms. The van der Waals surface area contributed by atoms with Crippen LogP contribution in [-0.2, 0) is 19.3 Å². The smallest absolute Gasteiger partial charge is 0.0922 e. The number of aryl methyl sites for hydroxylation is 2. The number of thiophene rings is 1. The Morgan fingerprint density at radius 2 is 1.90 bits per heavy atom. The predicted molar refractivity (Wildman–Crippen MR) is 85.5 cm³/mol. The van der Waals surface area contributed by atoms with Gasteiger partial charge in [0.1, 0.15) is 0 Å². The molecule has 106 valence electrons. The Hall–Kier alpha value is -1.12. The minimum Gasteiger partial charge on any atom is -0.387 e. The molecule has 0 saturated carbocycles. The Morgan fingerprint density at radius 3 is 2.55 bits per heavy atom. The van der Waals surface area contributed by atoms with E-state index in [0.29, 0.717) is 5.92 Å². The fourth-order valence-electron chi connectivity index (χ4n) is 2.88. The average molecular weight is 286 g/mol. The maximum atomic E-state index is 10.4. The number of aliphatic hydroxyl groups is 1. The van der Waals surface area contributed by atoms with Gasteiger partial charge in [0.05, 0.1) is 6.10 Å². The first kappa shape index (κ1) is 13.8. The maximum absolute atomic E-state index is 10.4. The molecule has 1 aromatic heterocycles. The number of aliphatic hydroxyl groups excluding tert-OH is 1. The highest BCUT2D eigenvalue weighted by molar-refractivity contribution is 7.12. The molecule has 1 heterocycles. The quantitative estimate of drug-likeness (QED) is 0.868. The van der Waals surface area contributed by atoms with E-state index in [9.17, 15) is 5.11 Å². The molecule has 0 spiro atoms. The van der Waals surface area contributed by atoms with Crippen molar-refractivity contribution in [2.75, 3.05) is 0 Å². The molecule has 2 aromatic rings. The highest BCUT2D eigenvalue weighted by Crippen LogP contribution is 2.34. The fourth-order valence-corrected chi connectivity index (χ4v) is 4.12. The van der Waals surface area contributed by atoms with Gasteiger partial charge in [-0.1, -0.05) is 38.1 Å². The normalized spacial score (nSPS) is 15.6. The van der Waals surface area contributed by atoms with Crippen molar-refractivity contribution >= 4 is 11.3 Å². The van der Waals surface area contributed by atoms with Crippen LogP contribution in [0.4, 0.5) is 0 Å². The van der Waals surface area contributed by atoms with E-state index in [1.165, 1.54) is 40.8 Å². The zero-order chi connectivity index (χ0) is 14.1. The first-order chi connectivity index (χ1) is 9.63. The molecule has 0 aliphatic heterocycles. The summed E-state index contributed by atoms with van der Waals surface area (Å²) in [5, 5.41) is 10.4. The van der Waals surface area contributed by atoms with Crippen molar-refractivity contribution in [1.29, 1.82) is 0 Å². The average Bonchev–Trinajstić information content (AvgIpc) is 2.99. The Kier molecular flexibility index (Phi) is 3.95. The monoisotopic (exact) mass is 286 g/mol. The number of hydrogen-bond acceptors (Lipinski definition) is 2. The third kappa shape index (κ3) is 2.82. The maximum Gasteiger partial charge on any atom is 0.0922 e. The van der Waals surface area contributed by atoms with Crippen LogP contribution in [0.15, 0.2) is 30.3 Å². The summed E-state index contributed by atoms with van der Waals surface area (Å²) in [6, 6.07) is 10.9. The van der Waals surface area contributed by atoms with Crippen molar-refractivity contribution in [3.63, 3.8) is 0 Å². The lowest BCUT2D eigenvalue weighted by atomic mass is 9.99. The van der Waals surface area contributed by atoms with Crippen molar-refractivity contribution in [1.82, 2.24) is 0 Å². The van der Waals surface area contributed by atoms with Crippen LogP contribution in [0.3, 0.4) is 0 Å². The second-order valence-electron chi connectivity index (χ2n) is 6.07. The summed E-state index contributed by atoms with van der Waals surface area (Å²) < 4.78 is 0. The van der Waals surface area contributed by atoms with Gasteiger partial charge in [0.25, 0.3) is 0 Å². The lowest BCUT2D eigenvalue weighted by Crippen LogP contribution is -2.00. The van der Waals surface area contributed by atoms with E-state index in [1.54, 1.807) is 0 Å². The van der Waals surface area contributed by atoms with Gasteiger partial charge in [0.2, 0.25) is 0 Å². The van der Waals surface area contributed by atoms with Gasteiger partial charge in [0.15, 0.2) is 0 Å². The summed E-state index contributed by atoms with van der Waals surface area (Å²) in [7, 11) is 0. The molecule has 2 heteroatoms. The van der Waals surface area contributed by atoms with Crippen molar-refractivity contribution < 1.29 is 5.11 Å². The van der Waals surface area contributed by atoms with E-state index in [1.807, 2.05) is 11.3 Å². The molecular weight excluding hydrogens is 264 g/mol. The minimum absolute atomic E-state index is 0.351. The second kappa shape index (κ2) is 5.71. The lowest BCUT2D eigenvalue weighted by Gasteiger charge is -2.10. The van der Waals surface area contributed by atoms with Gasteiger partial charge < -0.3 is 5.11 Å². The van der Waals surface area contributed by atoms with Crippen LogP contribution in [0.25, 0.3) is 0 Å². The van der Waals surface area contributed by atoms with Crippen LogP contribution in [0.5, 0.6) is 0 Å². The molecule has 0 fully saturated rings. The van der Waals surface area contributed by atoms with Crippen LogP contribution in [0, 0.1) is 0 Å². The van der Waals surface area contributed by atoms with Crippen LogP contribution in [0.1, 0.15) is 58.7 Å². The molecule has 0 saturated heterocycles. The lowest BCUT2D eigenvalue weighted by molar-refractivity contribution is 0.182. The van der Waals surface area contributed by atoms with Gasteiger partial charge in [0, 0.05) is 16.2 Å². The summed E-state index contributed by atoms with van der Waals surface area (Å²) in [6.45, 7) is 4.41. The van der Waals surface area contributed by atoms with E-state index < -0.39 is 0 Å². The van der Waals surface area contributed by atoms with Gasteiger partial charge >= 0.3 is 0 Å². The Morgan fingerprint density at radius 1 is 1.15 bits per heavy atom. The summed E-state index contributed by atoms with van der Waals surface area (Å²) in [4.78, 5) is 2.64. The van der Waals surface area contributed by atoms with Gasteiger partial charge in [-0.15, -0.1) is 11.3 Å². The third-order valence-electron chi connectivity index (χ3n) is 4.17. The van der Waals surface area contributed by atoms with Gasteiger partial charge in [-0.05, 0) is 47.9 Å². The Labute approximate surface area is 125 Å². The second-order valence-corrected chi connectivity index (χ2v) is 7.24. The SMILES string of the molecule is CC(C)c1ccc(CC(O)c2cc3c(s2)CCC3)cc1. The molecular formula is C18H22OS. The van der Waals surface area contributed by atoms with Crippen LogP contribution in [0.2, 0.25) is 0 Å².